The van der Waals surface area contributed by atoms with Crippen molar-refractivity contribution >= 4 is 42.1 Å². The van der Waals surface area contributed by atoms with E-state index in [1.807, 2.05) is 13.8 Å². The smallest absolute Gasteiger partial charge is 0.292 e. The van der Waals surface area contributed by atoms with Gasteiger partial charge in [-0.05, 0) is 122 Å². The zero-order valence-electron chi connectivity index (χ0n) is 30.6. The lowest BCUT2D eigenvalue weighted by atomic mass is 9.84. The summed E-state index contributed by atoms with van der Waals surface area (Å²) in [6, 6.07) is 1.27. The van der Waals surface area contributed by atoms with Crippen LogP contribution in [0.25, 0.3) is 0 Å². The van der Waals surface area contributed by atoms with Crippen LogP contribution < -0.4 is 0 Å². The molecule has 0 amide bonds. The Labute approximate surface area is 274 Å². The van der Waals surface area contributed by atoms with Gasteiger partial charge in [-0.3, -0.25) is 4.79 Å². The average Bonchev–Trinajstić information content (AvgIpc) is 3.17. The second-order valence-corrected chi connectivity index (χ2v) is 30.1. The SMILES string of the molecule is CCCCCC(/C=C/[C@@H]1[C@H](C[Si](C)(C)C)C[C@H](O[Si](C)(C)C)[C@H]1C/C(CCCCC(=O)O[Si](C)(C)C)=N/OCC)=N/OCC. The molecule has 44 heavy (non-hydrogen) atoms. The summed E-state index contributed by atoms with van der Waals surface area (Å²) in [5, 5.41) is 9.14. The van der Waals surface area contributed by atoms with E-state index in [1.165, 1.54) is 18.9 Å². The van der Waals surface area contributed by atoms with Crippen LogP contribution in [-0.4, -0.2) is 61.4 Å². The highest BCUT2D eigenvalue weighted by atomic mass is 28.4. The Morgan fingerprint density at radius 3 is 1.98 bits per heavy atom. The van der Waals surface area contributed by atoms with E-state index in [1.54, 1.807) is 0 Å². The van der Waals surface area contributed by atoms with Crippen LogP contribution in [0.15, 0.2) is 22.5 Å². The minimum Gasteiger partial charge on any atom is -0.520 e. The van der Waals surface area contributed by atoms with E-state index in [0.717, 1.165) is 56.4 Å². The van der Waals surface area contributed by atoms with Crippen molar-refractivity contribution in [2.45, 2.75) is 156 Å². The van der Waals surface area contributed by atoms with Crippen molar-refractivity contribution in [2.24, 2.45) is 28.1 Å². The van der Waals surface area contributed by atoms with Gasteiger partial charge in [-0.1, -0.05) is 61.8 Å². The molecule has 10 heteroatoms. The number of rotatable bonds is 22. The number of hydrogen-bond donors (Lipinski definition) is 0. The van der Waals surface area contributed by atoms with Gasteiger partial charge in [0.05, 0.1) is 11.4 Å². The summed E-state index contributed by atoms with van der Waals surface area (Å²) in [5.74, 6) is 1.19. The van der Waals surface area contributed by atoms with E-state index < -0.39 is 24.7 Å². The molecule has 0 unspecified atom stereocenters. The summed E-state index contributed by atoms with van der Waals surface area (Å²) in [6.45, 7) is 27.8. The molecule has 7 nitrogen and oxygen atoms in total. The number of oxime groups is 2. The molecule has 1 fully saturated rings. The predicted molar refractivity (Wildman–Crippen MR) is 195 cm³/mol. The van der Waals surface area contributed by atoms with E-state index in [9.17, 15) is 4.79 Å². The maximum atomic E-state index is 12.3. The summed E-state index contributed by atoms with van der Waals surface area (Å²) in [6.07, 6.45) is 14.2. The zero-order chi connectivity index (χ0) is 33.4. The van der Waals surface area contributed by atoms with Gasteiger partial charge in [0.2, 0.25) is 8.32 Å². The number of unbranched alkanes of at least 4 members (excludes halogenated alkanes) is 3. The Morgan fingerprint density at radius 1 is 0.795 bits per heavy atom. The first kappa shape index (κ1) is 40.8. The van der Waals surface area contributed by atoms with Crippen molar-refractivity contribution in [2.75, 3.05) is 13.2 Å². The molecule has 0 radical (unpaired) electrons. The molecule has 0 aromatic rings. The van der Waals surface area contributed by atoms with Gasteiger partial charge >= 0.3 is 0 Å². The van der Waals surface area contributed by atoms with Crippen LogP contribution in [0.1, 0.15) is 85.0 Å². The van der Waals surface area contributed by atoms with Crippen molar-refractivity contribution in [1.29, 1.82) is 0 Å². The molecule has 0 heterocycles. The minimum atomic E-state index is -1.86. The van der Waals surface area contributed by atoms with Gasteiger partial charge < -0.3 is 18.5 Å². The first-order valence-corrected chi connectivity index (χ1v) is 27.9. The molecule has 0 bridgehead atoms. The molecule has 0 spiro atoms. The Balaban J connectivity index is 3.32. The molecule has 0 saturated heterocycles. The van der Waals surface area contributed by atoms with Crippen LogP contribution in [-0.2, 0) is 23.3 Å². The van der Waals surface area contributed by atoms with E-state index >= 15 is 0 Å². The maximum Gasteiger partial charge on any atom is 0.292 e. The molecular weight excluding hydrogens is 601 g/mol. The number of hydrogen-bond acceptors (Lipinski definition) is 7. The van der Waals surface area contributed by atoms with Crippen LogP contribution in [0.4, 0.5) is 0 Å². The summed E-state index contributed by atoms with van der Waals surface area (Å²) in [5.41, 5.74) is 2.12. The van der Waals surface area contributed by atoms with Gasteiger partial charge in [-0.2, -0.15) is 0 Å². The van der Waals surface area contributed by atoms with Gasteiger partial charge in [0.25, 0.3) is 5.97 Å². The van der Waals surface area contributed by atoms with Gasteiger partial charge in [-0.25, -0.2) is 0 Å². The zero-order valence-corrected chi connectivity index (χ0v) is 33.6. The van der Waals surface area contributed by atoms with Gasteiger partial charge in [0.1, 0.15) is 13.2 Å². The standard InChI is InChI=1S/C34H68N2O5Si3/c1-13-16-17-20-29(35-38-14-2)23-24-31-28(27-42(4,5)6)25-33(40-43(7,8)9)32(31)26-30(36-39-15-3)21-18-19-22-34(37)41-44(10,11)12/h23-24,28,31-33H,13-22,25-27H2,1-12H3/b24-23+,35-29-,36-30+/t28-,31+,32-,33-/m0/s1. The molecule has 1 aliphatic carbocycles. The van der Waals surface area contributed by atoms with Crippen molar-refractivity contribution in [1.82, 2.24) is 0 Å². The lowest BCUT2D eigenvalue weighted by molar-refractivity contribution is -0.135. The molecular formula is C34H68N2O5Si3. The second kappa shape index (κ2) is 20.1. The molecule has 0 aromatic carbocycles. The lowest BCUT2D eigenvalue weighted by Gasteiger charge is -2.30. The number of carbonyl (C=O) groups excluding carboxylic acids is 1. The number of allylic oxidation sites excluding steroid dienone is 2. The summed E-state index contributed by atoms with van der Waals surface area (Å²) in [4.78, 5) is 23.5. The van der Waals surface area contributed by atoms with Crippen molar-refractivity contribution in [3.63, 3.8) is 0 Å². The first-order valence-electron chi connectivity index (χ1n) is 17.4. The Bertz CT molecular complexity index is 919. The second-order valence-electron chi connectivity index (χ2n) is 15.7. The third-order valence-electron chi connectivity index (χ3n) is 7.60. The van der Waals surface area contributed by atoms with Crippen molar-refractivity contribution < 1.29 is 23.3 Å². The molecule has 0 aromatic heterocycles. The van der Waals surface area contributed by atoms with E-state index in [4.69, 9.17) is 18.5 Å². The lowest BCUT2D eigenvalue weighted by Crippen LogP contribution is -2.35. The van der Waals surface area contributed by atoms with E-state index in [2.05, 4.69) is 88.3 Å². The highest BCUT2D eigenvalue weighted by Crippen LogP contribution is 2.47. The molecule has 4 atom stereocenters. The summed E-state index contributed by atoms with van der Waals surface area (Å²) >= 11 is 0. The molecule has 1 saturated carbocycles. The third kappa shape index (κ3) is 18.7. The van der Waals surface area contributed by atoms with Crippen molar-refractivity contribution in [3.8, 4) is 0 Å². The molecule has 256 valence electrons. The van der Waals surface area contributed by atoms with Crippen LogP contribution in [0, 0.1) is 17.8 Å². The van der Waals surface area contributed by atoms with Crippen LogP contribution in [0.3, 0.4) is 0 Å². The van der Waals surface area contributed by atoms with Crippen LogP contribution in [0.5, 0.6) is 0 Å². The fourth-order valence-corrected chi connectivity index (χ4v) is 10.1. The van der Waals surface area contributed by atoms with Crippen LogP contribution >= 0.6 is 0 Å². The van der Waals surface area contributed by atoms with Gasteiger partial charge in [0, 0.05) is 20.6 Å². The summed E-state index contributed by atoms with van der Waals surface area (Å²) < 4.78 is 12.6. The van der Waals surface area contributed by atoms with Gasteiger partial charge in [0.15, 0.2) is 8.32 Å². The third-order valence-corrected chi connectivity index (χ3v) is 11.2. The van der Waals surface area contributed by atoms with Crippen LogP contribution in [0.2, 0.25) is 65.0 Å². The fraction of sp³-hybridized carbons (Fsp3) is 0.853. The number of carbonyl (C=O) groups is 1. The van der Waals surface area contributed by atoms with E-state index in [0.29, 0.717) is 37.4 Å². The molecule has 0 N–H and O–H groups in total. The Morgan fingerprint density at radius 2 is 1.41 bits per heavy atom. The maximum absolute atomic E-state index is 12.3. The molecule has 0 aliphatic heterocycles. The number of nitrogens with zero attached hydrogens (tertiary/aromatic N) is 2. The predicted octanol–water partition coefficient (Wildman–Crippen LogP) is 10.0. The highest BCUT2D eigenvalue weighted by molar-refractivity contribution is 6.76. The van der Waals surface area contributed by atoms with Gasteiger partial charge in [-0.15, -0.1) is 0 Å². The monoisotopic (exact) mass is 668 g/mol. The van der Waals surface area contributed by atoms with Crippen molar-refractivity contribution in [3.05, 3.63) is 12.2 Å². The quantitative estimate of drug-likeness (QED) is 0.0497. The highest BCUT2D eigenvalue weighted by Gasteiger charge is 2.45. The Kier molecular flexibility index (Phi) is 18.6. The summed E-state index contributed by atoms with van der Waals surface area (Å²) in [7, 11) is -4.97. The minimum absolute atomic E-state index is 0.0743. The molecule has 1 rings (SSSR count). The largest absolute Gasteiger partial charge is 0.520 e. The Hall–Kier alpha value is -1.24. The normalized spacial score (nSPS) is 22.1. The average molecular weight is 669 g/mol. The molecule has 1 aliphatic rings. The topological polar surface area (TPSA) is 78.7 Å². The van der Waals surface area contributed by atoms with E-state index in [-0.39, 0.29) is 12.1 Å². The fourth-order valence-electron chi connectivity index (χ4n) is 6.08. The first-order chi connectivity index (χ1) is 20.5.